The molecule has 0 unspecified atom stereocenters. The summed E-state index contributed by atoms with van der Waals surface area (Å²) in [6.45, 7) is 0. The summed E-state index contributed by atoms with van der Waals surface area (Å²) in [4.78, 5) is 10.4. The molecular weight excluding hydrogens is 507 g/mol. The van der Waals surface area contributed by atoms with Crippen LogP contribution in [0.5, 0.6) is 0 Å². The van der Waals surface area contributed by atoms with Gasteiger partial charge in [-0.2, -0.15) is 0 Å². The van der Waals surface area contributed by atoms with E-state index in [2.05, 4.69) is 22.6 Å². The average molecular weight is 565 g/mol. The predicted octanol–water partition coefficient (Wildman–Crippen LogP) is 11.0. The Kier molecular flexibility index (Phi) is 29.4. The molecule has 0 aliphatic heterocycles. The van der Waals surface area contributed by atoms with Gasteiger partial charge in [0.15, 0.2) is 0 Å². The average Bonchev–Trinajstić information content (AvgIpc) is 2.78. The summed E-state index contributed by atoms with van der Waals surface area (Å²) in [5.41, 5.74) is 0. The first-order valence-electron chi connectivity index (χ1n) is 14.5. The third-order valence-electron chi connectivity index (χ3n) is 6.77. The van der Waals surface area contributed by atoms with Gasteiger partial charge in [0, 0.05) is 6.42 Å². The van der Waals surface area contributed by atoms with Crippen molar-refractivity contribution in [1.29, 1.82) is 0 Å². The molecule has 0 atom stereocenters. The van der Waals surface area contributed by atoms with E-state index in [9.17, 15) is 4.79 Å². The number of hydrogen-bond donors (Lipinski definition) is 1. The summed E-state index contributed by atoms with van der Waals surface area (Å²) in [7, 11) is 0. The van der Waals surface area contributed by atoms with E-state index < -0.39 is 5.97 Å². The Labute approximate surface area is 215 Å². The molecule has 3 heteroatoms. The lowest BCUT2D eigenvalue weighted by Gasteiger charge is -2.04. The second-order valence-corrected chi connectivity index (χ2v) is 11.1. The first-order valence-corrected chi connectivity index (χ1v) is 16.1. The van der Waals surface area contributed by atoms with Crippen molar-refractivity contribution in [2.45, 2.75) is 173 Å². The molecule has 2 nitrogen and oxygen atoms in total. The molecule has 192 valence electrons. The maximum absolute atomic E-state index is 10.4. The second kappa shape index (κ2) is 29.2. The number of hydrogen-bond acceptors (Lipinski definition) is 1. The Morgan fingerprint density at radius 1 is 0.375 bits per heavy atom. The van der Waals surface area contributed by atoms with Crippen LogP contribution in [0, 0.1) is 0 Å². The summed E-state index contributed by atoms with van der Waals surface area (Å²) in [6.07, 6.45) is 36.6. The van der Waals surface area contributed by atoms with Gasteiger partial charge in [0.2, 0.25) is 0 Å². The van der Waals surface area contributed by atoms with E-state index in [-0.39, 0.29) is 0 Å². The molecule has 0 saturated carbocycles. The normalized spacial score (nSPS) is 11.3. The number of carboxylic acid groups (broad SMARTS) is 1. The number of rotatable bonds is 28. The molecule has 32 heavy (non-hydrogen) atoms. The van der Waals surface area contributed by atoms with Crippen molar-refractivity contribution in [1.82, 2.24) is 0 Å². The molecule has 0 radical (unpaired) electrons. The third-order valence-corrected chi connectivity index (χ3v) is 7.54. The van der Waals surface area contributed by atoms with E-state index in [4.69, 9.17) is 5.11 Å². The van der Waals surface area contributed by atoms with Crippen LogP contribution in [0.25, 0.3) is 0 Å². The molecule has 0 rings (SSSR count). The first kappa shape index (κ1) is 32.2. The molecular formula is C29H57IO2. The molecule has 0 heterocycles. The zero-order valence-corrected chi connectivity index (χ0v) is 23.7. The van der Waals surface area contributed by atoms with Crippen molar-refractivity contribution < 1.29 is 9.90 Å². The van der Waals surface area contributed by atoms with Crippen LogP contribution in [0.15, 0.2) is 0 Å². The zero-order valence-electron chi connectivity index (χ0n) is 21.5. The lowest BCUT2D eigenvalue weighted by Crippen LogP contribution is -1.93. The molecule has 0 saturated heterocycles. The van der Waals surface area contributed by atoms with Crippen LogP contribution in [-0.2, 0) is 4.79 Å². The Hall–Kier alpha value is 0.200. The van der Waals surface area contributed by atoms with Crippen molar-refractivity contribution in [2.75, 3.05) is 4.43 Å². The summed E-state index contributed by atoms with van der Waals surface area (Å²) >= 11 is 2.49. The molecule has 0 spiro atoms. The number of carbonyl (C=O) groups is 1. The maximum Gasteiger partial charge on any atom is 0.303 e. The number of aliphatic carboxylic acids is 1. The second-order valence-electron chi connectivity index (χ2n) is 10.0. The Bertz CT molecular complexity index is 359. The highest BCUT2D eigenvalue weighted by Crippen LogP contribution is 2.16. The van der Waals surface area contributed by atoms with E-state index >= 15 is 0 Å². The molecule has 0 aromatic carbocycles. The largest absolute Gasteiger partial charge is 0.481 e. The fraction of sp³-hybridized carbons (Fsp3) is 0.966. The summed E-state index contributed by atoms with van der Waals surface area (Å²) in [5, 5.41) is 8.61. The van der Waals surface area contributed by atoms with E-state index in [1.807, 2.05) is 0 Å². The van der Waals surface area contributed by atoms with Crippen molar-refractivity contribution in [2.24, 2.45) is 0 Å². The fourth-order valence-electron chi connectivity index (χ4n) is 4.61. The highest BCUT2D eigenvalue weighted by atomic mass is 127. The number of carboxylic acids is 1. The van der Waals surface area contributed by atoms with Crippen molar-refractivity contribution in [3.63, 3.8) is 0 Å². The molecule has 0 amide bonds. The van der Waals surface area contributed by atoms with Gasteiger partial charge in [-0.25, -0.2) is 0 Å². The van der Waals surface area contributed by atoms with Crippen LogP contribution in [0.2, 0.25) is 0 Å². The van der Waals surface area contributed by atoms with Gasteiger partial charge in [-0.3, -0.25) is 4.79 Å². The Morgan fingerprint density at radius 3 is 0.750 bits per heavy atom. The molecule has 0 aliphatic carbocycles. The van der Waals surface area contributed by atoms with Gasteiger partial charge >= 0.3 is 5.97 Å². The van der Waals surface area contributed by atoms with Gasteiger partial charge in [-0.05, 0) is 17.3 Å². The lowest BCUT2D eigenvalue weighted by atomic mass is 10.0. The zero-order chi connectivity index (χ0) is 23.4. The van der Waals surface area contributed by atoms with Crippen LogP contribution >= 0.6 is 22.6 Å². The summed E-state index contributed by atoms with van der Waals surface area (Å²) in [5.74, 6) is -0.649. The summed E-state index contributed by atoms with van der Waals surface area (Å²) in [6, 6.07) is 0. The third kappa shape index (κ3) is 30.2. The van der Waals surface area contributed by atoms with Gasteiger partial charge in [0.25, 0.3) is 0 Å². The van der Waals surface area contributed by atoms with Gasteiger partial charge in [-0.1, -0.05) is 177 Å². The molecule has 0 aliphatic rings. The fourth-order valence-corrected chi connectivity index (χ4v) is 5.15. The number of halogens is 1. The number of alkyl halides is 1. The van der Waals surface area contributed by atoms with Crippen LogP contribution in [0.3, 0.4) is 0 Å². The summed E-state index contributed by atoms with van der Waals surface area (Å²) < 4.78 is 1.33. The van der Waals surface area contributed by atoms with Crippen LogP contribution < -0.4 is 0 Å². The minimum absolute atomic E-state index is 0.346. The van der Waals surface area contributed by atoms with Crippen LogP contribution in [0.1, 0.15) is 173 Å². The smallest absolute Gasteiger partial charge is 0.303 e. The quantitative estimate of drug-likeness (QED) is 0.0583. The maximum atomic E-state index is 10.4. The highest BCUT2D eigenvalue weighted by molar-refractivity contribution is 14.1. The molecule has 0 fully saturated rings. The number of unbranched alkanes of at least 4 members (excludes halogenated alkanes) is 25. The van der Waals surface area contributed by atoms with Gasteiger partial charge in [0.05, 0.1) is 0 Å². The SMILES string of the molecule is O=C(O)CCCCCCCCCCCCCCCCCCCCCCCCCCCCI. The topological polar surface area (TPSA) is 37.3 Å². The van der Waals surface area contributed by atoms with E-state index in [1.165, 1.54) is 159 Å². The van der Waals surface area contributed by atoms with Crippen molar-refractivity contribution >= 4 is 28.6 Å². The lowest BCUT2D eigenvalue weighted by molar-refractivity contribution is -0.137. The monoisotopic (exact) mass is 564 g/mol. The van der Waals surface area contributed by atoms with Crippen molar-refractivity contribution in [3.8, 4) is 0 Å². The van der Waals surface area contributed by atoms with Crippen molar-refractivity contribution in [3.05, 3.63) is 0 Å². The molecule has 0 aromatic rings. The Balaban J connectivity index is 3.00. The van der Waals surface area contributed by atoms with Gasteiger partial charge < -0.3 is 5.11 Å². The Morgan fingerprint density at radius 2 is 0.562 bits per heavy atom. The van der Waals surface area contributed by atoms with E-state index in [0.29, 0.717) is 6.42 Å². The van der Waals surface area contributed by atoms with Gasteiger partial charge in [-0.15, -0.1) is 0 Å². The van der Waals surface area contributed by atoms with Crippen LogP contribution in [0.4, 0.5) is 0 Å². The minimum atomic E-state index is -0.649. The standard InChI is InChI=1S/C29H57IO2/c30-28-26-24-22-20-18-16-14-12-10-8-6-4-2-1-3-5-7-9-11-13-15-17-19-21-23-25-27-29(31)32/h1-28H2,(H,31,32). The first-order chi connectivity index (χ1) is 15.8. The molecule has 0 bridgehead atoms. The van der Waals surface area contributed by atoms with E-state index in [1.54, 1.807) is 0 Å². The predicted molar refractivity (Wildman–Crippen MR) is 151 cm³/mol. The minimum Gasteiger partial charge on any atom is -0.481 e. The van der Waals surface area contributed by atoms with Gasteiger partial charge in [0.1, 0.15) is 0 Å². The molecule has 1 N–H and O–H groups in total. The van der Waals surface area contributed by atoms with E-state index in [0.717, 1.165) is 12.8 Å². The molecule has 0 aromatic heterocycles. The highest BCUT2D eigenvalue weighted by Gasteiger charge is 1.98. The van der Waals surface area contributed by atoms with Crippen LogP contribution in [-0.4, -0.2) is 15.5 Å².